The molecule has 0 fully saturated rings. The molecule has 1 aromatic carbocycles. The fourth-order valence-electron chi connectivity index (χ4n) is 1.96. The molecule has 4 heteroatoms. The zero-order chi connectivity index (χ0) is 14.8. The van der Waals surface area contributed by atoms with Crippen LogP contribution in [0.15, 0.2) is 40.2 Å². The van der Waals surface area contributed by atoms with Gasteiger partial charge in [-0.3, -0.25) is 4.79 Å². The molecule has 0 saturated carbocycles. The van der Waals surface area contributed by atoms with E-state index in [9.17, 15) is 4.79 Å². The van der Waals surface area contributed by atoms with E-state index in [4.69, 9.17) is 0 Å². The van der Waals surface area contributed by atoms with E-state index < -0.39 is 0 Å². The van der Waals surface area contributed by atoms with Crippen molar-refractivity contribution in [1.29, 1.82) is 0 Å². The van der Waals surface area contributed by atoms with Crippen molar-refractivity contribution in [3.05, 3.63) is 56.2 Å². The number of thiophene rings is 1. The molecule has 0 spiro atoms. The number of rotatable bonds is 4. The van der Waals surface area contributed by atoms with Crippen LogP contribution in [0.25, 0.3) is 0 Å². The first-order valence-corrected chi connectivity index (χ1v) is 8.16. The highest BCUT2D eigenvalue weighted by Crippen LogP contribution is 2.27. The SMILES string of the molecule is Cc1ccc(Br)c(C(=O)NCC(C)(C)c2cccs2)c1. The molecule has 106 valence electrons. The van der Waals surface area contributed by atoms with Crippen LogP contribution in [0.5, 0.6) is 0 Å². The van der Waals surface area contributed by atoms with Gasteiger partial charge < -0.3 is 5.32 Å². The van der Waals surface area contributed by atoms with E-state index >= 15 is 0 Å². The van der Waals surface area contributed by atoms with Crippen molar-refractivity contribution in [2.24, 2.45) is 0 Å². The number of amides is 1. The number of hydrogen-bond donors (Lipinski definition) is 1. The Balaban J connectivity index is 2.07. The van der Waals surface area contributed by atoms with Gasteiger partial charge in [0.05, 0.1) is 5.56 Å². The molecule has 0 radical (unpaired) electrons. The monoisotopic (exact) mass is 351 g/mol. The predicted octanol–water partition coefficient (Wildman–Crippen LogP) is 4.53. The van der Waals surface area contributed by atoms with E-state index in [1.54, 1.807) is 11.3 Å². The lowest BCUT2D eigenvalue weighted by Gasteiger charge is -2.23. The minimum atomic E-state index is -0.0554. The first kappa shape index (κ1) is 15.3. The van der Waals surface area contributed by atoms with Gasteiger partial charge in [-0.25, -0.2) is 0 Å². The van der Waals surface area contributed by atoms with Gasteiger partial charge in [-0.1, -0.05) is 31.5 Å². The van der Waals surface area contributed by atoms with E-state index in [0.29, 0.717) is 12.1 Å². The van der Waals surface area contributed by atoms with Crippen LogP contribution in [0.1, 0.15) is 34.6 Å². The van der Waals surface area contributed by atoms with Gasteiger partial charge in [0.1, 0.15) is 0 Å². The average Bonchev–Trinajstić information content (AvgIpc) is 2.93. The molecule has 0 unspecified atom stereocenters. The lowest BCUT2D eigenvalue weighted by atomic mass is 9.91. The van der Waals surface area contributed by atoms with Crippen LogP contribution in [0.3, 0.4) is 0 Å². The maximum atomic E-state index is 12.3. The normalized spacial score (nSPS) is 11.4. The van der Waals surface area contributed by atoms with Gasteiger partial charge in [-0.05, 0) is 46.4 Å². The second-order valence-corrected chi connectivity index (χ2v) is 7.33. The summed E-state index contributed by atoms with van der Waals surface area (Å²) in [6.45, 7) is 6.89. The molecule has 1 aromatic heterocycles. The van der Waals surface area contributed by atoms with Crippen molar-refractivity contribution < 1.29 is 4.79 Å². The number of aryl methyl sites for hydroxylation is 1. The number of hydrogen-bond acceptors (Lipinski definition) is 2. The van der Waals surface area contributed by atoms with E-state index in [0.717, 1.165) is 10.0 Å². The average molecular weight is 352 g/mol. The first-order valence-electron chi connectivity index (χ1n) is 6.48. The topological polar surface area (TPSA) is 29.1 Å². The molecular weight excluding hydrogens is 334 g/mol. The lowest BCUT2D eigenvalue weighted by Crippen LogP contribution is -2.36. The quantitative estimate of drug-likeness (QED) is 0.861. The summed E-state index contributed by atoms with van der Waals surface area (Å²) >= 11 is 5.15. The van der Waals surface area contributed by atoms with Crippen LogP contribution in [0, 0.1) is 6.92 Å². The minimum absolute atomic E-state index is 0.0368. The Bertz CT molecular complexity index is 605. The maximum Gasteiger partial charge on any atom is 0.252 e. The molecule has 2 nitrogen and oxygen atoms in total. The molecule has 0 atom stereocenters. The standard InChI is InChI=1S/C16H18BrNOS/c1-11-6-7-13(17)12(9-11)15(19)18-10-16(2,3)14-5-4-8-20-14/h4-9H,10H2,1-3H3,(H,18,19). The van der Waals surface area contributed by atoms with Gasteiger partial charge in [0, 0.05) is 21.3 Å². The highest BCUT2D eigenvalue weighted by molar-refractivity contribution is 9.10. The third kappa shape index (κ3) is 3.49. The zero-order valence-electron chi connectivity index (χ0n) is 11.9. The number of halogens is 1. The van der Waals surface area contributed by atoms with Gasteiger partial charge in [-0.2, -0.15) is 0 Å². The van der Waals surface area contributed by atoms with Crippen molar-refractivity contribution in [3.8, 4) is 0 Å². The fraction of sp³-hybridized carbons (Fsp3) is 0.312. The van der Waals surface area contributed by atoms with Crippen LogP contribution >= 0.6 is 27.3 Å². The van der Waals surface area contributed by atoms with Gasteiger partial charge >= 0.3 is 0 Å². The summed E-state index contributed by atoms with van der Waals surface area (Å²) < 4.78 is 0.828. The summed E-state index contributed by atoms with van der Waals surface area (Å²) in [5.41, 5.74) is 1.71. The molecule has 1 amide bonds. The number of carbonyl (C=O) groups excluding carboxylic acids is 1. The largest absolute Gasteiger partial charge is 0.351 e. The van der Waals surface area contributed by atoms with Gasteiger partial charge in [-0.15, -0.1) is 11.3 Å². The molecule has 2 rings (SSSR count). The second kappa shape index (κ2) is 6.10. The van der Waals surface area contributed by atoms with Crippen LogP contribution in [-0.2, 0) is 5.41 Å². The fourth-order valence-corrected chi connectivity index (χ4v) is 3.24. The molecular formula is C16H18BrNOS. The summed E-state index contributed by atoms with van der Waals surface area (Å²) in [5, 5.41) is 5.10. The summed E-state index contributed by atoms with van der Waals surface area (Å²) in [4.78, 5) is 13.6. The molecule has 0 bridgehead atoms. The minimum Gasteiger partial charge on any atom is -0.351 e. The Hall–Kier alpha value is -1.13. The predicted molar refractivity (Wildman–Crippen MR) is 88.6 cm³/mol. The Labute approximate surface area is 132 Å². The van der Waals surface area contributed by atoms with Crippen LogP contribution in [0.2, 0.25) is 0 Å². The van der Waals surface area contributed by atoms with E-state index in [2.05, 4.69) is 46.5 Å². The number of benzene rings is 1. The Morgan fingerprint density at radius 1 is 1.35 bits per heavy atom. The van der Waals surface area contributed by atoms with Crippen LogP contribution in [0.4, 0.5) is 0 Å². The highest BCUT2D eigenvalue weighted by Gasteiger charge is 2.23. The van der Waals surface area contributed by atoms with Crippen LogP contribution in [-0.4, -0.2) is 12.5 Å². The van der Waals surface area contributed by atoms with Crippen molar-refractivity contribution >= 4 is 33.2 Å². The van der Waals surface area contributed by atoms with Gasteiger partial charge in [0.15, 0.2) is 0 Å². The van der Waals surface area contributed by atoms with E-state index in [1.807, 2.05) is 31.2 Å². The molecule has 0 saturated heterocycles. The molecule has 20 heavy (non-hydrogen) atoms. The van der Waals surface area contributed by atoms with Crippen molar-refractivity contribution in [2.75, 3.05) is 6.54 Å². The molecule has 0 aliphatic heterocycles. The smallest absolute Gasteiger partial charge is 0.252 e. The van der Waals surface area contributed by atoms with Crippen molar-refractivity contribution in [3.63, 3.8) is 0 Å². The Morgan fingerprint density at radius 3 is 2.75 bits per heavy atom. The highest BCUT2D eigenvalue weighted by atomic mass is 79.9. The summed E-state index contributed by atoms with van der Waals surface area (Å²) in [6.07, 6.45) is 0. The maximum absolute atomic E-state index is 12.3. The van der Waals surface area contributed by atoms with Crippen molar-refractivity contribution in [1.82, 2.24) is 5.32 Å². The van der Waals surface area contributed by atoms with Gasteiger partial charge in [0.25, 0.3) is 5.91 Å². The van der Waals surface area contributed by atoms with Gasteiger partial charge in [0.2, 0.25) is 0 Å². The van der Waals surface area contributed by atoms with E-state index in [-0.39, 0.29) is 11.3 Å². The summed E-state index contributed by atoms with van der Waals surface area (Å²) in [6, 6.07) is 9.95. The first-order chi connectivity index (χ1) is 9.40. The molecule has 2 aromatic rings. The molecule has 1 heterocycles. The third-order valence-electron chi connectivity index (χ3n) is 3.25. The summed E-state index contributed by atoms with van der Waals surface area (Å²) in [7, 11) is 0. The Kier molecular flexibility index (Phi) is 4.66. The van der Waals surface area contributed by atoms with Crippen molar-refractivity contribution in [2.45, 2.75) is 26.2 Å². The molecule has 1 N–H and O–H groups in total. The van der Waals surface area contributed by atoms with E-state index in [1.165, 1.54) is 4.88 Å². The second-order valence-electron chi connectivity index (χ2n) is 5.53. The van der Waals surface area contributed by atoms with Crippen LogP contribution < -0.4 is 5.32 Å². The molecule has 0 aliphatic rings. The number of nitrogens with one attached hydrogen (secondary N) is 1. The lowest BCUT2D eigenvalue weighted by molar-refractivity contribution is 0.0945. The summed E-state index contributed by atoms with van der Waals surface area (Å²) in [5.74, 6) is -0.0368. The third-order valence-corrected chi connectivity index (χ3v) is 5.17. The molecule has 0 aliphatic carbocycles. The zero-order valence-corrected chi connectivity index (χ0v) is 14.3. The number of carbonyl (C=O) groups is 1. The Morgan fingerprint density at radius 2 is 2.10 bits per heavy atom.